The monoisotopic (exact) mass is 339 g/mol. The van der Waals surface area contributed by atoms with Crippen molar-refractivity contribution in [3.05, 3.63) is 77.1 Å². The lowest BCUT2D eigenvalue weighted by Gasteiger charge is -2.10. The maximum atomic E-state index is 12.4. The first-order chi connectivity index (χ1) is 11.7. The van der Waals surface area contributed by atoms with Gasteiger partial charge in [0.2, 0.25) is 0 Å². The number of aromatic amines is 1. The highest BCUT2D eigenvalue weighted by atomic mass is 32.1. The number of carbonyl (C=O) groups is 2. The molecule has 0 radical (unpaired) electrons. The lowest BCUT2D eigenvalue weighted by molar-refractivity contribution is 0.0842. The van der Waals surface area contributed by atoms with Crippen LogP contribution in [0.4, 0.5) is 0 Å². The molecule has 0 fully saturated rings. The van der Waals surface area contributed by atoms with Crippen LogP contribution in [0.1, 0.15) is 20.8 Å². The lowest BCUT2D eigenvalue weighted by atomic mass is 10.3. The maximum absolute atomic E-state index is 12.4. The van der Waals surface area contributed by atoms with Crippen LogP contribution in [0.3, 0.4) is 0 Å². The molecule has 0 atom stereocenters. The number of benzene rings is 1. The average molecular weight is 339 g/mol. The zero-order valence-corrected chi connectivity index (χ0v) is 13.2. The summed E-state index contributed by atoms with van der Waals surface area (Å²) in [4.78, 5) is 31.0. The summed E-state index contributed by atoms with van der Waals surface area (Å²) >= 11 is 5.22. The Hall–Kier alpha value is -3.26. The van der Waals surface area contributed by atoms with Crippen molar-refractivity contribution >= 4 is 24.0 Å². The predicted molar refractivity (Wildman–Crippen MR) is 90.1 cm³/mol. The molecule has 0 spiro atoms. The summed E-state index contributed by atoms with van der Waals surface area (Å²) in [7, 11) is 0. The SMILES string of the molecule is O=C(NNC(=O)c1c[nH]c(=S)n1-c1ccccc1)c1cccnc1. The van der Waals surface area contributed by atoms with Crippen molar-refractivity contribution in [2.24, 2.45) is 0 Å². The number of H-pyrrole nitrogens is 1. The Labute approximate surface area is 142 Å². The number of hydrazine groups is 1. The second kappa shape index (κ2) is 6.88. The highest BCUT2D eigenvalue weighted by molar-refractivity contribution is 7.71. The van der Waals surface area contributed by atoms with Gasteiger partial charge in [0.05, 0.1) is 5.56 Å². The molecule has 7 nitrogen and oxygen atoms in total. The van der Waals surface area contributed by atoms with Gasteiger partial charge >= 0.3 is 0 Å². The van der Waals surface area contributed by atoms with Gasteiger partial charge in [0, 0.05) is 24.3 Å². The van der Waals surface area contributed by atoms with E-state index in [1.165, 1.54) is 12.4 Å². The fraction of sp³-hybridized carbons (Fsp3) is 0. The fourth-order valence-corrected chi connectivity index (χ4v) is 2.38. The summed E-state index contributed by atoms with van der Waals surface area (Å²) in [5.74, 6) is -0.958. The van der Waals surface area contributed by atoms with Crippen LogP contribution < -0.4 is 10.9 Å². The van der Waals surface area contributed by atoms with Crippen LogP contribution >= 0.6 is 12.2 Å². The van der Waals surface area contributed by atoms with E-state index in [1.807, 2.05) is 30.3 Å². The van der Waals surface area contributed by atoms with Gasteiger partial charge in [0.1, 0.15) is 5.69 Å². The second-order valence-electron chi connectivity index (χ2n) is 4.80. The number of nitrogens with zero attached hydrogens (tertiary/aromatic N) is 2. The minimum Gasteiger partial charge on any atom is -0.336 e. The molecule has 1 aromatic carbocycles. The van der Waals surface area contributed by atoms with E-state index < -0.39 is 11.8 Å². The molecule has 0 saturated heterocycles. The van der Waals surface area contributed by atoms with E-state index in [4.69, 9.17) is 12.2 Å². The molecule has 120 valence electrons. The van der Waals surface area contributed by atoms with E-state index in [0.29, 0.717) is 10.3 Å². The number of nitrogens with one attached hydrogen (secondary N) is 3. The molecular formula is C16H13N5O2S. The summed E-state index contributed by atoms with van der Waals surface area (Å²) in [6, 6.07) is 12.4. The normalized spacial score (nSPS) is 10.2. The number of aromatic nitrogens is 3. The van der Waals surface area contributed by atoms with Crippen LogP contribution in [-0.4, -0.2) is 26.3 Å². The fourth-order valence-electron chi connectivity index (χ4n) is 2.12. The zero-order valence-electron chi connectivity index (χ0n) is 12.4. The van der Waals surface area contributed by atoms with E-state index in [0.717, 1.165) is 5.69 Å². The van der Waals surface area contributed by atoms with Gasteiger partial charge in [-0.15, -0.1) is 0 Å². The predicted octanol–water partition coefficient (Wildman–Crippen LogP) is 2.00. The van der Waals surface area contributed by atoms with Crippen molar-refractivity contribution in [3.63, 3.8) is 0 Å². The molecule has 3 aromatic rings. The molecule has 0 aliphatic heterocycles. The highest BCUT2D eigenvalue weighted by Crippen LogP contribution is 2.12. The van der Waals surface area contributed by atoms with Gasteiger partial charge < -0.3 is 4.98 Å². The van der Waals surface area contributed by atoms with Crippen molar-refractivity contribution in [3.8, 4) is 5.69 Å². The summed E-state index contributed by atoms with van der Waals surface area (Å²) < 4.78 is 1.96. The summed E-state index contributed by atoms with van der Waals surface area (Å²) in [5.41, 5.74) is 6.07. The number of amides is 2. The van der Waals surface area contributed by atoms with Gasteiger partial charge in [-0.05, 0) is 36.5 Å². The highest BCUT2D eigenvalue weighted by Gasteiger charge is 2.15. The molecule has 0 aliphatic carbocycles. The van der Waals surface area contributed by atoms with E-state index in [1.54, 1.807) is 22.9 Å². The molecule has 24 heavy (non-hydrogen) atoms. The summed E-state index contributed by atoms with van der Waals surface area (Å²) in [6.45, 7) is 0. The van der Waals surface area contributed by atoms with Crippen LogP contribution in [-0.2, 0) is 0 Å². The number of imidazole rings is 1. The van der Waals surface area contributed by atoms with Gasteiger partial charge in [-0.2, -0.15) is 0 Å². The van der Waals surface area contributed by atoms with E-state index >= 15 is 0 Å². The molecule has 0 saturated carbocycles. The number of para-hydroxylation sites is 1. The summed E-state index contributed by atoms with van der Waals surface area (Å²) in [5, 5.41) is 0. The Kier molecular flexibility index (Phi) is 4.48. The van der Waals surface area contributed by atoms with E-state index in [2.05, 4.69) is 20.8 Å². The molecule has 3 rings (SSSR count). The first kappa shape index (κ1) is 15.6. The van der Waals surface area contributed by atoms with Gasteiger partial charge in [0.25, 0.3) is 11.8 Å². The Balaban J connectivity index is 1.77. The Bertz CT molecular complexity index is 918. The van der Waals surface area contributed by atoms with Crippen molar-refractivity contribution in [1.82, 2.24) is 25.4 Å². The molecule has 2 heterocycles. The van der Waals surface area contributed by atoms with E-state index in [-0.39, 0.29) is 5.69 Å². The lowest BCUT2D eigenvalue weighted by Crippen LogP contribution is -2.42. The van der Waals surface area contributed by atoms with Crippen LogP contribution in [0, 0.1) is 4.77 Å². The standard InChI is InChI=1S/C16H13N5O2S/c22-14(11-5-4-8-17-9-11)19-20-15(23)13-10-18-16(24)21(13)12-6-2-1-3-7-12/h1-10H,(H,18,24)(H,19,22)(H,20,23). The summed E-state index contributed by atoms with van der Waals surface area (Å²) in [6.07, 6.45) is 4.45. The largest absolute Gasteiger partial charge is 0.336 e. The molecule has 0 aliphatic rings. The molecule has 3 N–H and O–H groups in total. The second-order valence-corrected chi connectivity index (χ2v) is 5.19. The van der Waals surface area contributed by atoms with Gasteiger partial charge in [-0.25, -0.2) is 0 Å². The van der Waals surface area contributed by atoms with Gasteiger partial charge in [-0.3, -0.25) is 30.0 Å². The van der Waals surface area contributed by atoms with Crippen molar-refractivity contribution in [2.75, 3.05) is 0 Å². The van der Waals surface area contributed by atoms with Crippen LogP contribution in [0.2, 0.25) is 0 Å². The molecule has 0 bridgehead atoms. The topological polar surface area (TPSA) is 91.8 Å². The zero-order chi connectivity index (χ0) is 16.9. The Morgan fingerprint density at radius 3 is 2.50 bits per heavy atom. The quantitative estimate of drug-likeness (QED) is 0.503. The third-order valence-corrected chi connectivity index (χ3v) is 3.54. The molecular weight excluding hydrogens is 326 g/mol. The first-order valence-corrected chi connectivity index (χ1v) is 7.44. The number of hydrogen-bond donors (Lipinski definition) is 3. The molecule has 0 unspecified atom stereocenters. The van der Waals surface area contributed by atoms with Crippen molar-refractivity contribution in [1.29, 1.82) is 0 Å². The van der Waals surface area contributed by atoms with Crippen LogP contribution in [0.5, 0.6) is 0 Å². The molecule has 8 heteroatoms. The average Bonchev–Trinajstić information content (AvgIpc) is 3.02. The maximum Gasteiger partial charge on any atom is 0.288 e. The van der Waals surface area contributed by atoms with Crippen molar-refractivity contribution in [2.45, 2.75) is 0 Å². The third kappa shape index (κ3) is 3.23. The third-order valence-electron chi connectivity index (χ3n) is 3.24. The van der Waals surface area contributed by atoms with E-state index in [9.17, 15) is 9.59 Å². The number of hydrogen-bond acceptors (Lipinski definition) is 4. The van der Waals surface area contributed by atoms with Crippen LogP contribution in [0.15, 0.2) is 61.1 Å². The molecule has 2 aromatic heterocycles. The Morgan fingerprint density at radius 1 is 1.04 bits per heavy atom. The van der Waals surface area contributed by atoms with Gasteiger partial charge in [0.15, 0.2) is 4.77 Å². The van der Waals surface area contributed by atoms with Crippen LogP contribution in [0.25, 0.3) is 5.69 Å². The first-order valence-electron chi connectivity index (χ1n) is 7.03. The van der Waals surface area contributed by atoms with Gasteiger partial charge in [-0.1, -0.05) is 18.2 Å². The minimum atomic E-state index is -0.497. The number of rotatable bonds is 3. The number of pyridine rings is 1. The smallest absolute Gasteiger partial charge is 0.288 e. The molecule has 2 amide bonds. The van der Waals surface area contributed by atoms with Crippen molar-refractivity contribution < 1.29 is 9.59 Å². The minimum absolute atomic E-state index is 0.276. The Morgan fingerprint density at radius 2 is 1.79 bits per heavy atom. The number of carbonyl (C=O) groups excluding carboxylic acids is 2.